The highest BCUT2D eigenvalue weighted by Gasteiger charge is 2.27. The Kier molecular flexibility index (Phi) is 9.36. The van der Waals surface area contributed by atoms with Gasteiger partial charge in [0.1, 0.15) is 18.3 Å². The largest absolute Gasteiger partial charge is 0.394 e. The highest BCUT2D eigenvalue weighted by molar-refractivity contribution is 5.07. The van der Waals surface area contributed by atoms with Crippen LogP contribution in [0.5, 0.6) is 0 Å². The van der Waals surface area contributed by atoms with E-state index in [4.69, 9.17) is 9.84 Å². The van der Waals surface area contributed by atoms with Crippen LogP contribution in [0.25, 0.3) is 0 Å². The molecule has 0 fully saturated rings. The molecule has 0 aliphatic carbocycles. The third-order valence-corrected chi connectivity index (χ3v) is 3.70. The van der Waals surface area contributed by atoms with Crippen LogP contribution in [-0.2, 0) is 11.2 Å². The van der Waals surface area contributed by atoms with Crippen LogP contribution in [0.3, 0.4) is 0 Å². The normalized spacial score (nSPS) is 15.8. The number of aryl methyl sites for hydroxylation is 1. The van der Waals surface area contributed by atoms with Crippen molar-refractivity contribution in [1.29, 1.82) is 0 Å². The second-order valence-electron chi connectivity index (χ2n) is 5.92. The Morgan fingerprint density at radius 3 is 2.40 bits per heavy atom. The van der Waals surface area contributed by atoms with E-state index in [9.17, 15) is 25.5 Å². The minimum atomic E-state index is -2.16. The number of rotatable bonds is 12. The highest BCUT2D eigenvalue weighted by atomic mass is 16.8. The van der Waals surface area contributed by atoms with E-state index in [1.807, 2.05) is 6.92 Å². The van der Waals surface area contributed by atoms with Crippen LogP contribution in [0.2, 0.25) is 0 Å². The second-order valence-corrected chi connectivity index (χ2v) is 5.92. The number of aromatic nitrogens is 2. The first-order chi connectivity index (χ1) is 11.8. The van der Waals surface area contributed by atoms with E-state index in [0.29, 0.717) is 18.5 Å². The highest BCUT2D eigenvalue weighted by Crippen LogP contribution is 2.17. The van der Waals surface area contributed by atoms with Crippen molar-refractivity contribution in [2.45, 2.75) is 63.3 Å². The van der Waals surface area contributed by atoms with Crippen molar-refractivity contribution in [2.24, 2.45) is 0 Å². The maximum atomic E-state index is 9.86. The van der Waals surface area contributed by atoms with Crippen molar-refractivity contribution in [3.8, 4) is 0 Å². The molecule has 0 aliphatic rings. The van der Waals surface area contributed by atoms with Crippen LogP contribution in [-0.4, -0.2) is 72.0 Å². The van der Waals surface area contributed by atoms with Crippen LogP contribution in [0.15, 0.2) is 12.4 Å². The van der Waals surface area contributed by atoms with Crippen LogP contribution in [0, 0.1) is 0 Å². The molecule has 0 amide bonds. The summed E-state index contributed by atoms with van der Waals surface area (Å²) in [6.45, 7) is 1.56. The molecule has 6 N–H and O–H groups in total. The summed E-state index contributed by atoms with van der Waals surface area (Å²) >= 11 is 0. The number of hydrogen-bond donors (Lipinski definition) is 6. The Hall–Kier alpha value is -1.20. The molecule has 1 heterocycles. The summed E-state index contributed by atoms with van der Waals surface area (Å²) < 4.78 is 4.99. The van der Waals surface area contributed by atoms with Gasteiger partial charge in [0.05, 0.1) is 30.8 Å². The zero-order valence-electron chi connectivity index (χ0n) is 14.3. The Labute approximate surface area is 146 Å². The summed E-state index contributed by atoms with van der Waals surface area (Å²) in [6.07, 6.45) is 0.612. The molecule has 0 aromatic carbocycles. The fourth-order valence-electron chi connectivity index (χ4n) is 2.09. The van der Waals surface area contributed by atoms with Gasteiger partial charge in [-0.3, -0.25) is 9.97 Å². The standard InChI is InChI=1S/C16H28N2O7/c1-2-3-7-25-16(23,24)6-4-5-11-8-18-12(9-17-11)14(21)15(22)13(20)10-19/h8-9,13-15,19-24H,2-7,10H2,1H3. The fraction of sp³-hybridized carbons (Fsp3) is 0.750. The number of hydrogen-bond acceptors (Lipinski definition) is 9. The molecule has 1 aromatic heterocycles. The van der Waals surface area contributed by atoms with Gasteiger partial charge in [-0.1, -0.05) is 13.3 Å². The molecule has 3 atom stereocenters. The first-order valence-electron chi connectivity index (χ1n) is 8.35. The van der Waals surface area contributed by atoms with Gasteiger partial charge in [-0.15, -0.1) is 0 Å². The van der Waals surface area contributed by atoms with E-state index in [1.54, 1.807) is 0 Å². The van der Waals surface area contributed by atoms with E-state index >= 15 is 0 Å². The molecule has 1 rings (SSSR count). The number of aliphatic hydroxyl groups is 6. The average Bonchev–Trinajstić information content (AvgIpc) is 2.60. The third-order valence-electron chi connectivity index (χ3n) is 3.70. The summed E-state index contributed by atoms with van der Waals surface area (Å²) in [4.78, 5) is 8.05. The molecule has 0 aliphatic heterocycles. The van der Waals surface area contributed by atoms with Gasteiger partial charge in [0, 0.05) is 12.6 Å². The fourth-order valence-corrected chi connectivity index (χ4v) is 2.09. The summed E-state index contributed by atoms with van der Waals surface area (Å²) in [6, 6.07) is 0. The van der Waals surface area contributed by atoms with Gasteiger partial charge >= 0.3 is 0 Å². The maximum absolute atomic E-state index is 9.86. The number of unbranched alkanes of at least 4 members (excludes halogenated alkanes) is 1. The van der Waals surface area contributed by atoms with Crippen molar-refractivity contribution in [2.75, 3.05) is 13.2 Å². The van der Waals surface area contributed by atoms with Crippen molar-refractivity contribution in [1.82, 2.24) is 9.97 Å². The molecule has 0 spiro atoms. The average molecular weight is 360 g/mol. The van der Waals surface area contributed by atoms with Gasteiger partial charge in [-0.2, -0.15) is 0 Å². The van der Waals surface area contributed by atoms with Gasteiger partial charge in [0.15, 0.2) is 0 Å². The number of aliphatic hydroxyl groups excluding tert-OH is 4. The SMILES string of the molecule is CCCCOC(O)(O)CCCc1cnc(C(O)C(O)C(O)CO)cn1. The van der Waals surface area contributed by atoms with E-state index in [1.165, 1.54) is 12.4 Å². The van der Waals surface area contributed by atoms with Gasteiger partial charge in [-0.05, 0) is 19.3 Å². The summed E-state index contributed by atoms with van der Waals surface area (Å²) in [5, 5.41) is 56.9. The molecule has 144 valence electrons. The number of ether oxygens (including phenoxy) is 1. The monoisotopic (exact) mass is 360 g/mol. The van der Waals surface area contributed by atoms with Gasteiger partial charge in [-0.25, -0.2) is 0 Å². The van der Waals surface area contributed by atoms with Crippen LogP contribution in [0.1, 0.15) is 50.1 Å². The topological polar surface area (TPSA) is 156 Å². The minimum absolute atomic E-state index is 0.0180. The Morgan fingerprint density at radius 1 is 1.12 bits per heavy atom. The molecular formula is C16H28N2O7. The van der Waals surface area contributed by atoms with Crippen molar-refractivity contribution in [3.05, 3.63) is 23.8 Å². The molecule has 0 radical (unpaired) electrons. The van der Waals surface area contributed by atoms with Crippen molar-refractivity contribution < 1.29 is 35.4 Å². The lowest BCUT2D eigenvalue weighted by Gasteiger charge is -2.22. The number of nitrogens with zero attached hydrogens (tertiary/aromatic N) is 2. The van der Waals surface area contributed by atoms with Crippen LogP contribution in [0.4, 0.5) is 0 Å². The Balaban J connectivity index is 2.46. The second kappa shape index (κ2) is 10.7. The van der Waals surface area contributed by atoms with Crippen LogP contribution >= 0.6 is 0 Å². The molecule has 0 saturated carbocycles. The molecule has 9 heteroatoms. The quantitative estimate of drug-likeness (QED) is 0.203. The van der Waals surface area contributed by atoms with E-state index in [-0.39, 0.29) is 18.7 Å². The van der Waals surface area contributed by atoms with Crippen LogP contribution < -0.4 is 0 Å². The smallest absolute Gasteiger partial charge is 0.277 e. The van der Waals surface area contributed by atoms with Gasteiger partial charge in [0.25, 0.3) is 5.97 Å². The molecule has 0 saturated heterocycles. The van der Waals surface area contributed by atoms with E-state index < -0.39 is 30.9 Å². The maximum Gasteiger partial charge on any atom is 0.277 e. The Bertz CT molecular complexity index is 484. The van der Waals surface area contributed by atoms with Crippen molar-refractivity contribution in [3.63, 3.8) is 0 Å². The molecular weight excluding hydrogens is 332 g/mol. The van der Waals surface area contributed by atoms with E-state index in [0.717, 1.165) is 12.8 Å². The summed E-state index contributed by atoms with van der Waals surface area (Å²) in [5.41, 5.74) is 0.628. The molecule has 1 aromatic rings. The van der Waals surface area contributed by atoms with Crippen molar-refractivity contribution >= 4 is 0 Å². The minimum Gasteiger partial charge on any atom is -0.394 e. The molecule has 0 bridgehead atoms. The lowest BCUT2D eigenvalue weighted by Crippen LogP contribution is -2.35. The van der Waals surface area contributed by atoms with Gasteiger partial charge in [0.2, 0.25) is 0 Å². The first-order valence-corrected chi connectivity index (χ1v) is 8.35. The first kappa shape index (κ1) is 21.8. The van der Waals surface area contributed by atoms with E-state index in [2.05, 4.69) is 9.97 Å². The molecule has 25 heavy (non-hydrogen) atoms. The molecule has 3 unspecified atom stereocenters. The summed E-state index contributed by atoms with van der Waals surface area (Å²) in [5.74, 6) is -2.16. The zero-order valence-corrected chi connectivity index (χ0v) is 14.3. The Morgan fingerprint density at radius 2 is 1.84 bits per heavy atom. The lowest BCUT2D eigenvalue weighted by molar-refractivity contribution is -0.341. The molecule has 9 nitrogen and oxygen atoms in total. The summed E-state index contributed by atoms with van der Waals surface area (Å²) in [7, 11) is 0. The lowest BCUT2D eigenvalue weighted by atomic mass is 10.1. The third kappa shape index (κ3) is 7.70. The predicted molar refractivity (Wildman–Crippen MR) is 87.1 cm³/mol. The van der Waals surface area contributed by atoms with Gasteiger partial charge < -0.3 is 35.4 Å². The zero-order chi connectivity index (χ0) is 18.9. The predicted octanol–water partition coefficient (Wildman–Crippen LogP) is -0.998.